The molecule has 4 rings (SSSR count). The summed E-state index contributed by atoms with van der Waals surface area (Å²) >= 11 is 0. The maximum atomic E-state index is 13.9. The van der Waals surface area contributed by atoms with E-state index in [9.17, 15) is 35.5 Å². The molecule has 5 atom stereocenters. The van der Waals surface area contributed by atoms with Crippen LogP contribution >= 0.6 is 0 Å². The van der Waals surface area contributed by atoms with Gasteiger partial charge in [-0.1, -0.05) is 48.5 Å². The van der Waals surface area contributed by atoms with Crippen LogP contribution in [0.15, 0.2) is 85.5 Å². The molecule has 0 aliphatic heterocycles. The molecule has 1 amide bonds. The lowest BCUT2D eigenvalue weighted by Crippen LogP contribution is -2.42. The molecule has 11 heteroatoms. The third-order valence-corrected chi connectivity index (χ3v) is 8.07. The summed E-state index contributed by atoms with van der Waals surface area (Å²) in [5.41, 5.74) is -1.66. The van der Waals surface area contributed by atoms with E-state index in [1.54, 1.807) is 18.2 Å². The second kappa shape index (κ2) is 14.5. The maximum Gasteiger partial charge on any atom is 0.416 e. The van der Waals surface area contributed by atoms with E-state index < -0.39 is 59.6 Å². The van der Waals surface area contributed by atoms with Gasteiger partial charge in [0.25, 0.3) is 0 Å². The molecule has 0 heterocycles. The fourth-order valence-corrected chi connectivity index (χ4v) is 5.90. The summed E-state index contributed by atoms with van der Waals surface area (Å²) in [6.45, 7) is 5.22. The molecule has 0 spiro atoms. The fraction of sp³-hybridized carbons (Fsp3) is 0.382. The molecule has 0 aromatic heterocycles. The number of allylic oxidation sites excluding steroid dienone is 1. The molecule has 1 aliphatic rings. The maximum absolute atomic E-state index is 13.9. The van der Waals surface area contributed by atoms with Gasteiger partial charge >= 0.3 is 18.4 Å². The van der Waals surface area contributed by atoms with Gasteiger partial charge in [0.05, 0.1) is 23.3 Å². The molecule has 0 bridgehead atoms. The number of carbonyl (C=O) groups is 1. The van der Waals surface area contributed by atoms with Crippen LogP contribution in [0.1, 0.15) is 72.4 Å². The first-order valence-corrected chi connectivity index (χ1v) is 14.5. The Morgan fingerprint density at radius 2 is 1.58 bits per heavy atom. The smallest absolute Gasteiger partial charge is 0.416 e. The van der Waals surface area contributed by atoms with Crippen LogP contribution in [0.2, 0.25) is 0 Å². The highest BCUT2D eigenvalue weighted by Crippen LogP contribution is 2.46. The lowest BCUT2D eigenvalue weighted by molar-refractivity contribution is -0.143. The number of amides is 1. The second-order valence-corrected chi connectivity index (χ2v) is 11.2. The summed E-state index contributed by atoms with van der Waals surface area (Å²) in [6.07, 6.45) is -8.80. The van der Waals surface area contributed by atoms with E-state index in [4.69, 9.17) is 9.47 Å². The molecule has 3 unspecified atom stereocenters. The van der Waals surface area contributed by atoms with Gasteiger partial charge in [-0.2, -0.15) is 26.3 Å². The molecular formula is C34H34F7NO3. The molecule has 1 aliphatic carbocycles. The van der Waals surface area contributed by atoms with Crippen molar-refractivity contribution in [3.05, 3.63) is 119 Å². The molecule has 242 valence electrons. The first-order valence-electron chi connectivity index (χ1n) is 14.5. The first-order chi connectivity index (χ1) is 21.3. The second-order valence-electron chi connectivity index (χ2n) is 11.2. The highest BCUT2D eigenvalue weighted by atomic mass is 19.4. The summed E-state index contributed by atoms with van der Waals surface area (Å²) in [5.74, 6) is -1.22. The Kier molecular flexibility index (Phi) is 11.0. The minimum absolute atomic E-state index is 0.0487. The molecule has 0 radical (unpaired) electrons. The van der Waals surface area contributed by atoms with Crippen LogP contribution in [0.3, 0.4) is 0 Å². The highest BCUT2D eigenvalue weighted by molar-refractivity contribution is 5.67. The van der Waals surface area contributed by atoms with Crippen LogP contribution in [-0.2, 0) is 28.4 Å². The lowest BCUT2D eigenvalue weighted by atomic mass is 9.81. The highest BCUT2D eigenvalue weighted by Gasteiger charge is 2.44. The zero-order valence-electron chi connectivity index (χ0n) is 24.5. The Hall–Kier alpha value is -3.86. The van der Waals surface area contributed by atoms with E-state index in [0.717, 1.165) is 5.56 Å². The number of alkyl halides is 6. The Morgan fingerprint density at radius 3 is 2.16 bits per heavy atom. The van der Waals surface area contributed by atoms with Crippen molar-refractivity contribution in [2.24, 2.45) is 5.92 Å². The van der Waals surface area contributed by atoms with Gasteiger partial charge in [-0.3, -0.25) is 0 Å². The fourth-order valence-electron chi connectivity index (χ4n) is 5.90. The molecule has 3 aromatic rings. The Balaban J connectivity index is 1.61. The van der Waals surface area contributed by atoms with E-state index in [2.05, 4.69) is 11.9 Å². The van der Waals surface area contributed by atoms with Crippen molar-refractivity contribution in [1.82, 2.24) is 5.32 Å². The van der Waals surface area contributed by atoms with Gasteiger partial charge in [-0.05, 0) is 85.5 Å². The monoisotopic (exact) mass is 637 g/mol. The van der Waals surface area contributed by atoms with Crippen molar-refractivity contribution in [3.63, 3.8) is 0 Å². The molecule has 1 saturated carbocycles. The zero-order valence-corrected chi connectivity index (χ0v) is 24.5. The quantitative estimate of drug-likeness (QED) is 0.168. The zero-order chi connectivity index (χ0) is 32.8. The van der Waals surface area contributed by atoms with Crippen LogP contribution in [-0.4, -0.2) is 18.2 Å². The predicted octanol–water partition coefficient (Wildman–Crippen LogP) is 9.76. The summed E-state index contributed by atoms with van der Waals surface area (Å²) in [7, 11) is 0. The van der Waals surface area contributed by atoms with Crippen LogP contribution in [0.4, 0.5) is 35.5 Å². The van der Waals surface area contributed by atoms with Gasteiger partial charge in [-0.15, -0.1) is 6.58 Å². The van der Waals surface area contributed by atoms with Crippen LogP contribution < -0.4 is 5.32 Å². The summed E-state index contributed by atoms with van der Waals surface area (Å²) in [6, 6.07) is 15.8. The summed E-state index contributed by atoms with van der Waals surface area (Å²) < 4.78 is 107. The number of hydrogen-bond donors (Lipinski definition) is 1. The Morgan fingerprint density at radius 1 is 0.956 bits per heavy atom. The normalized spacial score (nSPS) is 20.0. The van der Waals surface area contributed by atoms with Crippen LogP contribution in [0, 0.1) is 11.7 Å². The predicted molar refractivity (Wildman–Crippen MR) is 155 cm³/mol. The third kappa shape index (κ3) is 9.09. The molecule has 1 N–H and O–H groups in total. The van der Waals surface area contributed by atoms with Crippen LogP contribution in [0.25, 0.3) is 0 Å². The minimum atomic E-state index is -5.00. The van der Waals surface area contributed by atoms with E-state index >= 15 is 0 Å². The number of hydrogen-bond acceptors (Lipinski definition) is 3. The van der Waals surface area contributed by atoms with E-state index in [1.165, 1.54) is 19.1 Å². The molecule has 3 aromatic carbocycles. The SMILES string of the molecule is C=CCC[C@@H](NC(=O)OCc1ccccc1)C1CCC(O[C@H](C)c2cc(C(F)(F)F)cc(C(F)(F)F)c2)C1c1ccc(F)cc1. The van der Waals surface area contributed by atoms with Gasteiger partial charge in [0, 0.05) is 12.0 Å². The topological polar surface area (TPSA) is 47.6 Å². The number of nitrogens with one attached hydrogen (secondary N) is 1. The largest absolute Gasteiger partial charge is 0.445 e. The van der Waals surface area contributed by atoms with E-state index in [0.29, 0.717) is 43.4 Å². The standard InChI is InChI=1S/C34H34F7NO3/c1-3-4-10-29(42-32(43)44-20-22-8-6-5-7-9-22)28-15-16-30(31(28)23-11-13-27(35)14-12-23)45-21(2)24-17-25(33(36,37)38)19-26(18-24)34(39,40)41/h3,5-9,11-14,17-19,21,28-31H,1,4,10,15-16,20H2,2H3,(H,42,43)/t21-,28?,29-,30?,31?/m1/s1. The molecule has 45 heavy (non-hydrogen) atoms. The van der Waals surface area contributed by atoms with Gasteiger partial charge < -0.3 is 14.8 Å². The van der Waals surface area contributed by atoms with Gasteiger partial charge in [0.1, 0.15) is 12.4 Å². The number of carbonyl (C=O) groups excluding carboxylic acids is 1. The lowest BCUT2D eigenvalue weighted by Gasteiger charge is -2.33. The Labute approximate surface area is 257 Å². The molecular weight excluding hydrogens is 603 g/mol. The minimum Gasteiger partial charge on any atom is -0.445 e. The number of benzene rings is 3. The van der Waals surface area contributed by atoms with Crippen molar-refractivity contribution in [1.29, 1.82) is 0 Å². The summed E-state index contributed by atoms with van der Waals surface area (Å²) in [5, 5.41) is 2.94. The Bertz CT molecular complexity index is 1390. The van der Waals surface area contributed by atoms with Gasteiger partial charge in [-0.25, -0.2) is 9.18 Å². The molecule has 0 saturated heterocycles. The van der Waals surface area contributed by atoms with Crippen LogP contribution in [0.5, 0.6) is 0 Å². The van der Waals surface area contributed by atoms with E-state index in [1.807, 2.05) is 30.3 Å². The number of rotatable bonds is 11. The van der Waals surface area contributed by atoms with Gasteiger partial charge in [0.15, 0.2) is 0 Å². The van der Waals surface area contributed by atoms with Crippen molar-refractivity contribution in [2.45, 2.75) is 75.7 Å². The van der Waals surface area contributed by atoms with Crippen molar-refractivity contribution in [3.8, 4) is 0 Å². The third-order valence-electron chi connectivity index (χ3n) is 8.07. The number of alkyl carbamates (subject to hydrolysis) is 1. The molecule has 1 fully saturated rings. The number of halogens is 7. The van der Waals surface area contributed by atoms with Crippen molar-refractivity contribution >= 4 is 6.09 Å². The number of ether oxygens (including phenoxy) is 2. The van der Waals surface area contributed by atoms with Gasteiger partial charge in [0.2, 0.25) is 0 Å². The van der Waals surface area contributed by atoms with Crippen molar-refractivity contribution in [2.75, 3.05) is 0 Å². The summed E-state index contributed by atoms with van der Waals surface area (Å²) in [4.78, 5) is 12.9. The van der Waals surface area contributed by atoms with Crippen molar-refractivity contribution < 1.29 is 45.0 Å². The first kappa shape index (κ1) is 34.0. The van der Waals surface area contributed by atoms with E-state index in [-0.39, 0.29) is 24.2 Å². The molecule has 4 nitrogen and oxygen atoms in total. The average Bonchev–Trinajstić information content (AvgIpc) is 3.41. The average molecular weight is 638 g/mol.